The van der Waals surface area contributed by atoms with Crippen LogP contribution in [0, 0.1) is 0 Å². The molecular formula is C10H19NO2. The van der Waals surface area contributed by atoms with Gasteiger partial charge in [-0.3, -0.25) is 4.90 Å². The van der Waals surface area contributed by atoms with Gasteiger partial charge in [0.15, 0.2) is 0 Å². The molecule has 0 radical (unpaired) electrons. The fraction of sp³-hybridized carbons (Fsp3) is 0.900. The van der Waals surface area contributed by atoms with Crippen LogP contribution in [-0.2, 0) is 9.53 Å². The lowest BCUT2D eigenvalue weighted by molar-refractivity contribution is -0.117. The Morgan fingerprint density at radius 2 is 2.23 bits per heavy atom. The highest BCUT2D eigenvalue weighted by Gasteiger charge is 2.28. The third-order valence-electron chi connectivity index (χ3n) is 2.56. The summed E-state index contributed by atoms with van der Waals surface area (Å²) in [5, 5.41) is 0. The number of nitrogens with zero attached hydrogens (tertiary/aromatic N) is 1. The molecule has 1 aliphatic heterocycles. The minimum atomic E-state index is -0.345. The quantitative estimate of drug-likeness (QED) is 0.603. The highest BCUT2D eigenvalue weighted by Crippen LogP contribution is 2.16. The Labute approximate surface area is 80.1 Å². The number of hydrogen-bond acceptors (Lipinski definition) is 3. The lowest BCUT2D eigenvalue weighted by Crippen LogP contribution is -2.47. The van der Waals surface area contributed by atoms with Crippen molar-refractivity contribution < 1.29 is 9.53 Å². The Morgan fingerprint density at radius 3 is 2.85 bits per heavy atom. The summed E-state index contributed by atoms with van der Waals surface area (Å²) in [7, 11) is 0. The summed E-state index contributed by atoms with van der Waals surface area (Å²) in [6.07, 6.45) is 2.27. The van der Waals surface area contributed by atoms with Crippen LogP contribution in [0.15, 0.2) is 0 Å². The highest BCUT2D eigenvalue weighted by atomic mass is 16.5. The van der Waals surface area contributed by atoms with Crippen LogP contribution < -0.4 is 0 Å². The van der Waals surface area contributed by atoms with E-state index >= 15 is 0 Å². The van der Waals surface area contributed by atoms with Crippen LogP contribution in [0.4, 0.5) is 0 Å². The van der Waals surface area contributed by atoms with E-state index in [2.05, 4.69) is 11.8 Å². The predicted octanol–water partition coefficient (Wildman–Crippen LogP) is 1.07. The maximum absolute atomic E-state index is 10.9. The summed E-state index contributed by atoms with van der Waals surface area (Å²) in [5.41, 5.74) is -0.345. The van der Waals surface area contributed by atoms with E-state index in [-0.39, 0.29) is 11.6 Å². The minimum absolute atomic E-state index is 0.238. The number of rotatable bonds is 2. The average molecular weight is 185 g/mol. The van der Waals surface area contributed by atoms with E-state index < -0.39 is 0 Å². The zero-order valence-corrected chi connectivity index (χ0v) is 8.75. The molecule has 0 spiro atoms. The smallest absolute Gasteiger partial charge is 0.139 e. The topological polar surface area (TPSA) is 29.5 Å². The van der Waals surface area contributed by atoms with Crippen molar-refractivity contribution in [1.82, 2.24) is 4.90 Å². The van der Waals surface area contributed by atoms with Crippen molar-refractivity contribution in [3.8, 4) is 0 Å². The molecule has 0 aromatic rings. The molecule has 1 atom stereocenters. The highest BCUT2D eigenvalue weighted by molar-refractivity contribution is 5.62. The van der Waals surface area contributed by atoms with Gasteiger partial charge in [-0.05, 0) is 27.2 Å². The normalized spacial score (nSPS) is 26.8. The summed E-state index contributed by atoms with van der Waals surface area (Å²) in [4.78, 5) is 13.1. The van der Waals surface area contributed by atoms with Crippen LogP contribution in [0.25, 0.3) is 0 Å². The van der Waals surface area contributed by atoms with E-state index in [1.807, 2.05) is 13.8 Å². The van der Waals surface area contributed by atoms with E-state index in [1.54, 1.807) is 0 Å². The maximum Gasteiger partial charge on any atom is 0.139 e. The lowest BCUT2D eigenvalue weighted by Gasteiger charge is -2.33. The molecule has 1 unspecified atom stereocenters. The minimum Gasteiger partial charge on any atom is -0.377 e. The largest absolute Gasteiger partial charge is 0.377 e. The van der Waals surface area contributed by atoms with Crippen molar-refractivity contribution in [2.45, 2.75) is 38.8 Å². The van der Waals surface area contributed by atoms with Crippen LogP contribution in [0.5, 0.6) is 0 Å². The third-order valence-corrected chi connectivity index (χ3v) is 2.56. The molecule has 0 bridgehead atoms. The standard InChI is InChI=1S/C10H19NO2/c1-9-7-11(5-4-6-13-9)10(2,3)8-12/h8-9H,4-7H2,1-3H3. The fourth-order valence-electron chi connectivity index (χ4n) is 1.59. The maximum atomic E-state index is 10.9. The van der Waals surface area contributed by atoms with E-state index in [0.29, 0.717) is 0 Å². The van der Waals surface area contributed by atoms with Crippen LogP contribution in [-0.4, -0.2) is 42.5 Å². The molecule has 0 N–H and O–H groups in total. The average Bonchev–Trinajstić information content (AvgIpc) is 2.30. The first kappa shape index (κ1) is 10.7. The Hall–Kier alpha value is -0.410. The number of ether oxygens (including phenoxy) is 1. The van der Waals surface area contributed by atoms with Gasteiger partial charge in [-0.1, -0.05) is 0 Å². The summed E-state index contributed by atoms with van der Waals surface area (Å²) in [6, 6.07) is 0. The van der Waals surface area contributed by atoms with Crippen molar-refractivity contribution in [3.05, 3.63) is 0 Å². The Balaban J connectivity index is 2.61. The van der Waals surface area contributed by atoms with Crippen molar-refractivity contribution in [1.29, 1.82) is 0 Å². The van der Waals surface area contributed by atoms with Gasteiger partial charge in [0.2, 0.25) is 0 Å². The molecule has 3 nitrogen and oxygen atoms in total. The molecule has 0 aliphatic carbocycles. The van der Waals surface area contributed by atoms with E-state index in [0.717, 1.165) is 32.4 Å². The number of carbonyl (C=O) groups is 1. The van der Waals surface area contributed by atoms with Crippen molar-refractivity contribution in [2.75, 3.05) is 19.7 Å². The second-order valence-corrected chi connectivity index (χ2v) is 4.25. The van der Waals surface area contributed by atoms with Gasteiger partial charge in [-0.25, -0.2) is 0 Å². The van der Waals surface area contributed by atoms with Gasteiger partial charge in [0, 0.05) is 19.7 Å². The molecule has 0 aromatic carbocycles. The zero-order chi connectivity index (χ0) is 9.90. The molecule has 0 saturated carbocycles. The van der Waals surface area contributed by atoms with Crippen LogP contribution in [0.1, 0.15) is 27.2 Å². The first-order valence-electron chi connectivity index (χ1n) is 4.89. The summed E-state index contributed by atoms with van der Waals surface area (Å²) >= 11 is 0. The van der Waals surface area contributed by atoms with Gasteiger partial charge in [0.05, 0.1) is 11.6 Å². The van der Waals surface area contributed by atoms with Crippen LogP contribution >= 0.6 is 0 Å². The van der Waals surface area contributed by atoms with Gasteiger partial charge >= 0.3 is 0 Å². The van der Waals surface area contributed by atoms with Gasteiger partial charge in [0.1, 0.15) is 6.29 Å². The molecular weight excluding hydrogens is 166 g/mol. The molecule has 1 aliphatic rings. The second-order valence-electron chi connectivity index (χ2n) is 4.25. The van der Waals surface area contributed by atoms with E-state index in [9.17, 15) is 4.79 Å². The summed E-state index contributed by atoms with van der Waals surface area (Å²) in [6.45, 7) is 8.59. The van der Waals surface area contributed by atoms with Crippen molar-refractivity contribution in [2.24, 2.45) is 0 Å². The molecule has 1 rings (SSSR count). The SMILES string of the molecule is CC1CN(C(C)(C)C=O)CCCO1. The molecule has 1 saturated heterocycles. The number of hydrogen-bond donors (Lipinski definition) is 0. The first-order chi connectivity index (χ1) is 6.06. The van der Waals surface area contributed by atoms with E-state index in [4.69, 9.17) is 4.74 Å². The number of carbonyl (C=O) groups excluding carboxylic acids is 1. The molecule has 0 aromatic heterocycles. The number of aldehydes is 1. The molecule has 1 fully saturated rings. The molecule has 1 heterocycles. The van der Waals surface area contributed by atoms with E-state index in [1.165, 1.54) is 0 Å². The predicted molar refractivity (Wildman–Crippen MR) is 51.7 cm³/mol. The van der Waals surface area contributed by atoms with Crippen LogP contribution in [0.3, 0.4) is 0 Å². The van der Waals surface area contributed by atoms with Gasteiger partial charge in [0.25, 0.3) is 0 Å². The molecule has 3 heteroatoms. The van der Waals surface area contributed by atoms with Gasteiger partial charge in [-0.2, -0.15) is 0 Å². The summed E-state index contributed by atoms with van der Waals surface area (Å²) in [5.74, 6) is 0. The fourth-order valence-corrected chi connectivity index (χ4v) is 1.59. The zero-order valence-electron chi connectivity index (χ0n) is 8.75. The molecule has 76 valence electrons. The summed E-state index contributed by atoms with van der Waals surface area (Å²) < 4.78 is 5.52. The lowest BCUT2D eigenvalue weighted by atomic mass is 10.0. The monoisotopic (exact) mass is 185 g/mol. The molecule has 13 heavy (non-hydrogen) atoms. The van der Waals surface area contributed by atoms with Crippen molar-refractivity contribution >= 4 is 6.29 Å². The Morgan fingerprint density at radius 1 is 1.54 bits per heavy atom. The van der Waals surface area contributed by atoms with Gasteiger partial charge in [-0.15, -0.1) is 0 Å². The Bertz CT molecular complexity index is 180. The van der Waals surface area contributed by atoms with Crippen LogP contribution in [0.2, 0.25) is 0 Å². The molecule has 0 amide bonds. The van der Waals surface area contributed by atoms with Crippen molar-refractivity contribution in [3.63, 3.8) is 0 Å². The Kier molecular flexibility index (Phi) is 3.45. The van der Waals surface area contributed by atoms with Gasteiger partial charge < -0.3 is 9.53 Å². The second kappa shape index (κ2) is 4.20. The first-order valence-corrected chi connectivity index (χ1v) is 4.89. The third kappa shape index (κ3) is 2.78.